The van der Waals surface area contributed by atoms with E-state index < -0.39 is 12.7 Å². The molecule has 2 aromatic rings. The van der Waals surface area contributed by atoms with Crippen molar-refractivity contribution in [3.63, 3.8) is 0 Å². The van der Waals surface area contributed by atoms with Crippen LogP contribution in [0.25, 0.3) is 10.9 Å². The molecule has 20 heavy (non-hydrogen) atoms. The molecular formula is C14H14F4N2. The third kappa shape index (κ3) is 2.40. The van der Waals surface area contributed by atoms with Crippen molar-refractivity contribution in [2.45, 2.75) is 32.1 Å². The summed E-state index contributed by atoms with van der Waals surface area (Å²) in [5.74, 6) is -0.329. The summed E-state index contributed by atoms with van der Waals surface area (Å²) in [4.78, 5) is 4.50. The summed E-state index contributed by atoms with van der Waals surface area (Å²) in [6.07, 6.45) is -3.71. The SMILES string of the molecule is C[C@@H]1Cc2c([nH]c3ccc(F)cc23)CN1CC(F)(F)F. The highest BCUT2D eigenvalue weighted by Gasteiger charge is 2.35. The molecule has 6 heteroatoms. The van der Waals surface area contributed by atoms with Gasteiger partial charge in [-0.1, -0.05) is 0 Å². The van der Waals surface area contributed by atoms with E-state index in [2.05, 4.69) is 4.98 Å². The quantitative estimate of drug-likeness (QED) is 0.793. The minimum absolute atomic E-state index is 0.215. The largest absolute Gasteiger partial charge is 0.401 e. The minimum Gasteiger partial charge on any atom is -0.357 e. The molecule has 0 unspecified atom stereocenters. The first-order valence-corrected chi connectivity index (χ1v) is 6.43. The molecule has 0 bridgehead atoms. The van der Waals surface area contributed by atoms with E-state index in [-0.39, 0.29) is 18.4 Å². The lowest BCUT2D eigenvalue weighted by Crippen LogP contribution is -2.43. The van der Waals surface area contributed by atoms with Gasteiger partial charge >= 0.3 is 6.18 Å². The van der Waals surface area contributed by atoms with Gasteiger partial charge in [0.1, 0.15) is 5.82 Å². The number of fused-ring (bicyclic) bond motifs is 3. The van der Waals surface area contributed by atoms with Crippen molar-refractivity contribution in [1.29, 1.82) is 0 Å². The van der Waals surface area contributed by atoms with Crippen molar-refractivity contribution in [2.75, 3.05) is 6.54 Å². The fourth-order valence-electron chi connectivity index (χ4n) is 2.87. The minimum atomic E-state index is -4.20. The summed E-state index contributed by atoms with van der Waals surface area (Å²) in [7, 11) is 0. The molecule has 0 amide bonds. The Labute approximate surface area is 113 Å². The van der Waals surface area contributed by atoms with Crippen LogP contribution in [0.4, 0.5) is 17.6 Å². The first-order chi connectivity index (χ1) is 9.33. The van der Waals surface area contributed by atoms with Gasteiger partial charge in [-0.2, -0.15) is 13.2 Å². The predicted molar refractivity (Wildman–Crippen MR) is 67.9 cm³/mol. The Morgan fingerprint density at radius 1 is 1.35 bits per heavy atom. The maximum absolute atomic E-state index is 13.3. The van der Waals surface area contributed by atoms with E-state index in [0.717, 1.165) is 22.2 Å². The van der Waals surface area contributed by atoms with Crippen LogP contribution >= 0.6 is 0 Å². The highest BCUT2D eigenvalue weighted by Crippen LogP contribution is 2.32. The van der Waals surface area contributed by atoms with Crippen molar-refractivity contribution in [3.8, 4) is 0 Å². The topological polar surface area (TPSA) is 19.0 Å². The Kier molecular flexibility index (Phi) is 3.01. The number of benzene rings is 1. The number of H-pyrrole nitrogens is 1. The van der Waals surface area contributed by atoms with Crippen molar-refractivity contribution < 1.29 is 17.6 Å². The number of aromatic amines is 1. The third-order valence-electron chi connectivity index (χ3n) is 3.82. The second-order valence-electron chi connectivity index (χ2n) is 5.35. The molecule has 3 rings (SSSR count). The Morgan fingerprint density at radius 3 is 2.80 bits per heavy atom. The molecular weight excluding hydrogens is 272 g/mol. The zero-order chi connectivity index (χ0) is 14.5. The van der Waals surface area contributed by atoms with Gasteiger partial charge in [0, 0.05) is 29.2 Å². The van der Waals surface area contributed by atoms with Gasteiger partial charge in [-0.3, -0.25) is 4.90 Å². The second kappa shape index (κ2) is 4.48. The zero-order valence-corrected chi connectivity index (χ0v) is 10.9. The van der Waals surface area contributed by atoms with E-state index in [1.54, 1.807) is 13.0 Å². The van der Waals surface area contributed by atoms with Crippen molar-refractivity contribution in [2.24, 2.45) is 0 Å². The lowest BCUT2D eigenvalue weighted by molar-refractivity contribution is -0.152. The van der Waals surface area contributed by atoms with Crippen molar-refractivity contribution >= 4 is 10.9 Å². The van der Waals surface area contributed by atoms with Crippen molar-refractivity contribution in [1.82, 2.24) is 9.88 Å². The molecule has 1 atom stereocenters. The molecule has 0 spiro atoms. The van der Waals surface area contributed by atoms with E-state index >= 15 is 0 Å². The molecule has 2 nitrogen and oxygen atoms in total. The molecule has 1 aliphatic rings. The van der Waals surface area contributed by atoms with Crippen LogP contribution in [0.5, 0.6) is 0 Å². The van der Waals surface area contributed by atoms with Crippen LogP contribution in [0, 0.1) is 5.82 Å². The van der Waals surface area contributed by atoms with E-state index in [4.69, 9.17) is 0 Å². The van der Waals surface area contributed by atoms with Gasteiger partial charge in [0.15, 0.2) is 0 Å². The van der Waals surface area contributed by atoms with E-state index in [0.29, 0.717) is 6.42 Å². The average Bonchev–Trinajstić information content (AvgIpc) is 2.65. The molecule has 1 N–H and O–H groups in total. The lowest BCUT2D eigenvalue weighted by Gasteiger charge is -2.33. The predicted octanol–water partition coefficient (Wildman–Crippen LogP) is 3.62. The first kappa shape index (κ1) is 13.4. The summed E-state index contributed by atoms with van der Waals surface area (Å²) in [5, 5.41) is 0.776. The maximum atomic E-state index is 13.3. The van der Waals surface area contributed by atoms with E-state index in [1.165, 1.54) is 17.0 Å². The maximum Gasteiger partial charge on any atom is 0.401 e. The highest BCUT2D eigenvalue weighted by molar-refractivity contribution is 5.85. The second-order valence-corrected chi connectivity index (χ2v) is 5.35. The van der Waals surface area contributed by atoms with Gasteiger partial charge in [-0.05, 0) is 37.1 Å². The van der Waals surface area contributed by atoms with Crippen molar-refractivity contribution in [3.05, 3.63) is 35.3 Å². The average molecular weight is 286 g/mol. The van der Waals surface area contributed by atoms with Crippen LogP contribution in [0.15, 0.2) is 18.2 Å². The fraction of sp³-hybridized carbons (Fsp3) is 0.429. The number of rotatable bonds is 1. The van der Waals surface area contributed by atoms with Gasteiger partial charge in [0.25, 0.3) is 0 Å². The van der Waals surface area contributed by atoms with Crippen LogP contribution in [0.1, 0.15) is 18.2 Å². The van der Waals surface area contributed by atoms with Crippen LogP contribution in [0.2, 0.25) is 0 Å². The highest BCUT2D eigenvalue weighted by atomic mass is 19.4. The lowest BCUT2D eigenvalue weighted by atomic mass is 9.97. The smallest absolute Gasteiger partial charge is 0.357 e. The van der Waals surface area contributed by atoms with Gasteiger partial charge in [-0.25, -0.2) is 4.39 Å². The number of nitrogens with zero attached hydrogens (tertiary/aromatic N) is 1. The van der Waals surface area contributed by atoms with Gasteiger partial charge in [0.2, 0.25) is 0 Å². The zero-order valence-electron chi connectivity index (χ0n) is 10.9. The molecule has 2 heterocycles. The summed E-state index contributed by atoms with van der Waals surface area (Å²) in [6.45, 7) is 1.07. The number of nitrogens with one attached hydrogen (secondary N) is 1. The Morgan fingerprint density at radius 2 is 2.10 bits per heavy atom. The molecule has 0 saturated carbocycles. The molecule has 0 fully saturated rings. The summed E-state index contributed by atoms with van der Waals surface area (Å²) in [6, 6.07) is 4.20. The number of hydrogen-bond acceptors (Lipinski definition) is 1. The van der Waals surface area contributed by atoms with Gasteiger partial charge < -0.3 is 4.98 Å². The summed E-state index contributed by atoms with van der Waals surface area (Å²) < 4.78 is 50.9. The normalized spacial score (nSPS) is 20.4. The first-order valence-electron chi connectivity index (χ1n) is 6.43. The number of halogens is 4. The van der Waals surface area contributed by atoms with E-state index in [9.17, 15) is 17.6 Å². The molecule has 108 valence electrons. The Hall–Kier alpha value is -1.56. The van der Waals surface area contributed by atoms with E-state index in [1.807, 2.05) is 0 Å². The van der Waals surface area contributed by atoms with Crippen LogP contribution in [0.3, 0.4) is 0 Å². The van der Waals surface area contributed by atoms with Crippen LogP contribution in [-0.4, -0.2) is 28.6 Å². The monoisotopic (exact) mass is 286 g/mol. The summed E-state index contributed by atoms with van der Waals surface area (Å²) in [5.41, 5.74) is 2.47. The van der Waals surface area contributed by atoms with Gasteiger partial charge in [0.05, 0.1) is 6.54 Å². The molecule has 0 aliphatic carbocycles. The number of aromatic nitrogens is 1. The molecule has 1 aromatic heterocycles. The van der Waals surface area contributed by atoms with Gasteiger partial charge in [-0.15, -0.1) is 0 Å². The standard InChI is InChI=1S/C14H14F4N2/c1-8-4-10-11-5-9(15)2-3-12(11)19-13(10)6-20(8)7-14(16,17)18/h2-3,5,8,19H,4,6-7H2,1H3/t8-/m1/s1. The Balaban J connectivity index is 1.97. The number of alkyl halides is 3. The number of hydrogen-bond donors (Lipinski definition) is 1. The molecule has 1 aromatic carbocycles. The molecule has 1 aliphatic heterocycles. The third-order valence-corrected chi connectivity index (χ3v) is 3.82. The van der Waals surface area contributed by atoms with Crippen LogP contribution in [-0.2, 0) is 13.0 Å². The molecule has 0 radical (unpaired) electrons. The molecule has 0 saturated heterocycles. The summed E-state index contributed by atoms with van der Waals surface area (Å²) >= 11 is 0. The van der Waals surface area contributed by atoms with Crippen LogP contribution < -0.4 is 0 Å². The fourth-order valence-corrected chi connectivity index (χ4v) is 2.87. The Bertz CT molecular complexity index is 644.